The van der Waals surface area contributed by atoms with Gasteiger partial charge in [-0.3, -0.25) is 9.59 Å². The molecule has 128 valence electrons. The molecule has 1 aromatic carbocycles. The van der Waals surface area contributed by atoms with Crippen molar-refractivity contribution in [1.82, 2.24) is 5.32 Å². The van der Waals surface area contributed by atoms with Crippen molar-refractivity contribution in [3.05, 3.63) is 23.8 Å². The Morgan fingerprint density at radius 2 is 2.29 bits per heavy atom. The van der Waals surface area contributed by atoms with Crippen molar-refractivity contribution in [3.63, 3.8) is 0 Å². The molecule has 0 aromatic heterocycles. The molecule has 3 aliphatic heterocycles. The third kappa shape index (κ3) is 3.16. The maximum Gasteiger partial charge on any atom is 0.251 e. The number of anilines is 1. The fraction of sp³-hybridized carbons (Fsp3) is 0.529. The maximum atomic E-state index is 12.6. The summed E-state index contributed by atoms with van der Waals surface area (Å²) in [6, 6.07) is 5.55. The molecule has 0 unspecified atom stereocenters. The molecule has 0 radical (unpaired) electrons. The van der Waals surface area contributed by atoms with E-state index in [1.807, 2.05) is 12.1 Å². The minimum Gasteiger partial charge on any atom is -0.378 e. The molecule has 3 aliphatic rings. The Labute approximate surface area is 144 Å². The van der Waals surface area contributed by atoms with Gasteiger partial charge in [-0.1, -0.05) is 0 Å². The maximum absolute atomic E-state index is 12.6. The normalized spacial score (nSPS) is 29.2. The summed E-state index contributed by atoms with van der Waals surface area (Å²) in [4.78, 5) is 25.1. The summed E-state index contributed by atoms with van der Waals surface area (Å²) in [5, 5.41) is 5.93. The summed E-state index contributed by atoms with van der Waals surface area (Å²) in [5.41, 5.74) is 1.06. The summed E-state index contributed by atoms with van der Waals surface area (Å²) in [5.74, 6) is 0.284. The molecule has 2 amide bonds. The van der Waals surface area contributed by atoms with Gasteiger partial charge in [-0.05, 0) is 31.0 Å². The van der Waals surface area contributed by atoms with Crippen LogP contribution in [0.2, 0.25) is 0 Å². The van der Waals surface area contributed by atoms with Gasteiger partial charge in [-0.2, -0.15) is 0 Å². The Morgan fingerprint density at radius 1 is 1.38 bits per heavy atom. The van der Waals surface area contributed by atoms with Gasteiger partial charge in [0.05, 0.1) is 23.6 Å². The number of amides is 2. The molecular weight excluding hydrogens is 328 g/mol. The summed E-state index contributed by atoms with van der Waals surface area (Å²) in [7, 11) is 0. The lowest BCUT2D eigenvalue weighted by atomic mass is 9.89. The molecule has 4 rings (SSSR count). The summed E-state index contributed by atoms with van der Waals surface area (Å²) >= 11 is 1.49. The molecule has 3 heterocycles. The van der Waals surface area contributed by atoms with Gasteiger partial charge in [0, 0.05) is 36.1 Å². The molecule has 24 heavy (non-hydrogen) atoms. The highest BCUT2D eigenvalue weighted by Gasteiger charge is 2.41. The second kappa shape index (κ2) is 6.38. The molecule has 1 aromatic rings. The number of nitrogens with one attached hydrogen (secondary N) is 2. The van der Waals surface area contributed by atoms with Crippen LogP contribution in [-0.2, 0) is 14.3 Å². The lowest BCUT2D eigenvalue weighted by Gasteiger charge is -2.37. The van der Waals surface area contributed by atoms with Gasteiger partial charge in [0.2, 0.25) is 5.91 Å². The van der Waals surface area contributed by atoms with E-state index in [1.165, 1.54) is 11.8 Å². The Bertz CT molecular complexity index is 673. The van der Waals surface area contributed by atoms with Crippen LogP contribution in [0.3, 0.4) is 0 Å². The molecule has 2 N–H and O–H groups in total. The van der Waals surface area contributed by atoms with E-state index in [0.29, 0.717) is 24.5 Å². The first-order valence-corrected chi connectivity index (χ1v) is 9.21. The fourth-order valence-corrected chi connectivity index (χ4v) is 4.30. The average molecular weight is 348 g/mol. The first-order valence-electron chi connectivity index (χ1n) is 8.23. The standard InChI is InChI=1S/C17H20N2O4S/c20-15-9-24-14-2-1-11(7-13(14)19-15)16(21)18-12-3-5-23-17(8-12)4-6-22-10-17/h1-2,7,12H,3-6,8-10H2,(H,18,21)(H,19,20)/t12-,17+/m0/s1. The minimum atomic E-state index is -0.226. The third-order valence-electron chi connectivity index (χ3n) is 4.77. The van der Waals surface area contributed by atoms with Crippen LogP contribution < -0.4 is 10.6 Å². The number of hydrogen-bond acceptors (Lipinski definition) is 5. The van der Waals surface area contributed by atoms with Crippen molar-refractivity contribution < 1.29 is 19.1 Å². The molecule has 6 nitrogen and oxygen atoms in total. The number of hydrogen-bond donors (Lipinski definition) is 2. The van der Waals surface area contributed by atoms with E-state index in [2.05, 4.69) is 10.6 Å². The SMILES string of the molecule is O=C1CSc2ccc(C(=O)N[C@H]3CCO[C@]4(CCOC4)C3)cc2N1. The number of thioether (sulfide) groups is 1. The molecule has 2 fully saturated rings. The second-order valence-corrected chi connectivity index (χ2v) is 7.56. The van der Waals surface area contributed by atoms with E-state index in [4.69, 9.17) is 9.47 Å². The van der Waals surface area contributed by atoms with Gasteiger partial charge < -0.3 is 20.1 Å². The monoisotopic (exact) mass is 348 g/mol. The smallest absolute Gasteiger partial charge is 0.251 e. The molecule has 0 bridgehead atoms. The van der Waals surface area contributed by atoms with Gasteiger partial charge >= 0.3 is 0 Å². The Morgan fingerprint density at radius 3 is 3.12 bits per heavy atom. The van der Waals surface area contributed by atoms with E-state index < -0.39 is 0 Å². The van der Waals surface area contributed by atoms with Gasteiger partial charge in [0.25, 0.3) is 5.91 Å². The number of ether oxygens (including phenoxy) is 2. The molecule has 1 spiro atoms. The van der Waals surface area contributed by atoms with Gasteiger partial charge in [0.15, 0.2) is 0 Å². The van der Waals surface area contributed by atoms with Crippen LogP contribution in [0.15, 0.2) is 23.1 Å². The number of benzene rings is 1. The first-order chi connectivity index (χ1) is 11.6. The van der Waals surface area contributed by atoms with Crippen molar-refractivity contribution in [2.75, 3.05) is 30.9 Å². The quantitative estimate of drug-likeness (QED) is 0.852. The van der Waals surface area contributed by atoms with Crippen molar-refractivity contribution in [1.29, 1.82) is 0 Å². The fourth-order valence-electron chi connectivity index (χ4n) is 3.51. The number of rotatable bonds is 2. The Hall–Kier alpha value is -1.57. The van der Waals surface area contributed by atoms with Gasteiger partial charge in [-0.25, -0.2) is 0 Å². The van der Waals surface area contributed by atoms with Crippen LogP contribution in [0.4, 0.5) is 5.69 Å². The third-order valence-corrected chi connectivity index (χ3v) is 5.84. The minimum absolute atomic E-state index is 0.0299. The topological polar surface area (TPSA) is 76.7 Å². The van der Waals surface area contributed by atoms with E-state index in [-0.39, 0.29) is 23.5 Å². The van der Waals surface area contributed by atoms with Crippen LogP contribution in [-0.4, -0.2) is 49.0 Å². The van der Waals surface area contributed by atoms with E-state index in [9.17, 15) is 9.59 Å². The summed E-state index contributed by atoms with van der Waals surface area (Å²) in [6.45, 7) is 1.98. The number of fused-ring (bicyclic) bond motifs is 1. The largest absolute Gasteiger partial charge is 0.378 e. The number of carbonyl (C=O) groups is 2. The highest BCUT2D eigenvalue weighted by molar-refractivity contribution is 8.00. The molecule has 7 heteroatoms. The predicted octanol–water partition coefficient (Wildman–Crippen LogP) is 1.80. The first kappa shape index (κ1) is 15.9. The van der Waals surface area contributed by atoms with Gasteiger partial charge in [0.1, 0.15) is 0 Å². The molecule has 2 atom stereocenters. The van der Waals surface area contributed by atoms with E-state index >= 15 is 0 Å². The second-order valence-electron chi connectivity index (χ2n) is 6.55. The lowest BCUT2D eigenvalue weighted by Crippen LogP contribution is -2.49. The van der Waals surface area contributed by atoms with Crippen LogP contribution in [0.25, 0.3) is 0 Å². The Kier molecular flexibility index (Phi) is 4.24. The highest BCUT2D eigenvalue weighted by Crippen LogP contribution is 2.34. The Balaban J connectivity index is 1.44. The zero-order chi connectivity index (χ0) is 16.6. The van der Waals surface area contributed by atoms with Crippen LogP contribution >= 0.6 is 11.8 Å². The molecule has 2 saturated heterocycles. The van der Waals surface area contributed by atoms with Crippen molar-refractivity contribution in [2.45, 2.75) is 35.8 Å². The van der Waals surface area contributed by atoms with E-state index in [0.717, 1.165) is 36.5 Å². The summed E-state index contributed by atoms with van der Waals surface area (Å²) < 4.78 is 11.4. The highest BCUT2D eigenvalue weighted by atomic mass is 32.2. The molecule has 0 saturated carbocycles. The van der Waals surface area contributed by atoms with Crippen LogP contribution in [0.5, 0.6) is 0 Å². The van der Waals surface area contributed by atoms with Crippen molar-refractivity contribution in [2.24, 2.45) is 0 Å². The van der Waals surface area contributed by atoms with Crippen molar-refractivity contribution >= 4 is 29.3 Å². The average Bonchev–Trinajstić information content (AvgIpc) is 3.01. The van der Waals surface area contributed by atoms with Crippen LogP contribution in [0, 0.1) is 0 Å². The molecule has 0 aliphatic carbocycles. The van der Waals surface area contributed by atoms with Crippen LogP contribution in [0.1, 0.15) is 29.6 Å². The lowest BCUT2D eigenvalue weighted by molar-refractivity contribution is -0.113. The zero-order valence-electron chi connectivity index (χ0n) is 13.3. The van der Waals surface area contributed by atoms with Crippen molar-refractivity contribution in [3.8, 4) is 0 Å². The van der Waals surface area contributed by atoms with E-state index in [1.54, 1.807) is 6.07 Å². The summed E-state index contributed by atoms with van der Waals surface area (Å²) in [6.07, 6.45) is 2.49. The number of carbonyl (C=O) groups excluding carboxylic acids is 2. The van der Waals surface area contributed by atoms with Gasteiger partial charge in [-0.15, -0.1) is 11.8 Å². The molecular formula is C17H20N2O4S. The zero-order valence-corrected chi connectivity index (χ0v) is 14.1. The predicted molar refractivity (Wildman–Crippen MR) is 90.4 cm³/mol.